The molecule has 0 saturated carbocycles. The first kappa shape index (κ1) is 19.1. The highest BCUT2D eigenvalue weighted by molar-refractivity contribution is 8.14. The molecule has 2 aliphatic rings. The van der Waals surface area contributed by atoms with Gasteiger partial charge in [0.25, 0.3) is 5.24 Å². The van der Waals surface area contributed by atoms with Crippen LogP contribution in [0.2, 0.25) is 0 Å². The van der Waals surface area contributed by atoms with Crippen molar-refractivity contribution in [2.24, 2.45) is 0 Å². The maximum atomic E-state index is 12.3. The summed E-state index contributed by atoms with van der Waals surface area (Å²) in [7, 11) is 4.57. The van der Waals surface area contributed by atoms with Crippen molar-refractivity contribution >= 4 is 34.9 Å². The average molecular weight is 392 g/mol. The van der Waals surface area contributed by atoms with Crippen LogP contribution in [-0.4, -0.2) is 73.1 Å². The number of amides is 3. The van der Waals surface area contributed by atoms with Crippen molar-refractivity contribution in [2.45, 2.75) is 6.04 Å². The smallest absolute Gasteiger partial charge is 0.289 e. The van der Waals surface area contributed by atoms with Crippen LogP contribution in [0.4, 0.5) is 4.79 Å². The Kier molecular flexibility index (Phi) is 5.59. The van der Waals surface area contributed by atoms with E-state index in [2.05, 4.69) is 0 Å². The molecule has 1 aromatic carbocycles. The summed E-state index contributed by atoms with van der Waals surface area (Å²) in [6.07, 6.45) is 3.10. The van der Waals surface area contributed by atoms with Crippen LogP contribution in [0.15, 0.2) is 18.2 Å². The molecule has 0 N–H and O–H groups in total. The molecule has 0 unspecified atom stereocenters. The monoisotopic (exact) mass is 392 g/mol. The number of benzene rings is 1. The van der Waals surface area contributed by atoms with Gasteiger partial charge in [-0.25, -0.2) is 0 Å². The largest absolute Gasteiger partial charge is 0.493 e. The van der Waals surface area contributed by atoms with Crippen molar-refractivity contribution in [3.05, 3.63) is 23.8 Å². The minimum absolute atomic E-state index is 0.185. The molecule has 9 heteroatoms. The van der Waals surface area contributed by atoms with E-state index in [-0.39, 0.29) is 28.8 Å². The van der Waals surface area contributed by atoms with E-state index in [0.29, 0.717) is 30.3 Å². The molecular weight excluding hydrogens is 372 g/mol. The van der Waals surface area contributed by atoms with E-state index in [1.54, 1.807) is 23.1 Å². The quantitative estimate of drug-likeness (QED) is 0.680. The summed E-state index contributed by atoms with van der Waals surface area (Å²) in [4.78, 5) is 38.6. The summed E-state index contributed by atoms with van der Waals surface area (Å²) in [5, 5.41) is -0.231. The molecule has 2 aliphatic heterocycles. The van der Waals surface area contributed by atoms with E-state index in [0.717, 1.165) is 17.3 Å². The summed E-state index contributed by atoms with van der Waals surface area (Å²) in [5.74, 6) is 1.28. The van der Waals surface area contributed by atoms with Crippen LogP contribution >= 0.6 is 11.8 Å². The van der Waals surface area contributed by atoms with E-state index in [1.165, 1.54) is 32.3 Å². The minimum atomic E-state index is -0.231. The van der Waals surface area contributed by atoms with Crippen LogP contribution in [0.25, 0.3) is 6.08 Å². The number of carbonyl (C=O) groups excluding carboxylic acids is 3. The van der Waals surface area contributed by atoms with E-state index in [1.807, 2.05) is 0 Å². The average Bonchev–Trinajstić information content (AvgIpc) is 2.96. The van der Waals surface area contributed by atoms with Crippen LogP contribution in [0.1, 0.15) is 5.56 Å². The summed E-state index contributed by atoms with van der Waals surface area (Å²) in [6, 6.07) is 3.25. The molecule has 0 aliphatic carbocycles. The van der Waals surface area contributed by atoms with Gasteiger partial charge in [0.2, 0.25) is 17.6 Å². The van der Waals surface area contributed by atoms with E-state index < -0.39 is 0 Å². The number of hydrogen-bond acceptors (Lipinski definition) is 7. The maximum absolute atomic E-state index is 12.3. The number of likely N-dealkylation sites (tertiary alicyclic amines) is 1. The molecule has 144 valence electrons. The lowest BCUT2D eigenvalue weighted by molar-refractivity contribution is -0.138. The number of ether oxygens (including phenoxy) is 3. The number of hydrogen-bond donors (Lipinski definition) is 0. The van der Waals surface area contributed by atoms with Crippen molar-refractivity contribution < 1.29 is 28.6 Å². The Labute approximate surface area is 161 Å². The molecule has 3 rings (SSSR count). The number of nitrogens with zero attached hydrogens (tertiary/aromatic N) is 2. The standard InChI is InChI=1S/C18H20N2O6S/c1-24-13-6-11(7-14(25-2)17(13)26-3)4-5-15(21)19-8-12(9-19)20-16(22)10-27-18(20)23/h4-7,12H,8-10H2,1-3H3/b5-4+. The molecule has 0 spiro atoms. The second-order valence-electron chi connectivity index (χ2n) is 6.01. The molecule has 0 aromatic heterocycles. The van der Waals surface area contributed by atoms with Gasteiger partial charge in [-0.15, -0.1) is 0 Å². The number of rotatable bonds is 6. The third kappa shape index (κ3) is 3.73. The van der Waals surface area contributed by atoms with Gasteiger partial charge in [-0.2, -0.15) is 0 Å². The fourth-order valence-corrected chi connectivity index (χ4v) is 3.76. The van der Waals surface area contributed by atoms with Crippen molar-refractivity contribution in [2.75, 3.05) is 40.2 Å². The first-order chi connectivity index (χ1) is 13.0. The summed E-state index contributed by atoms with van der Waals surface area (Å²) >= 11 is 1.00. The highest BCUT2D eigenvalue weighted by atomic mass is 32.2. The first-order valence-corrected chi connectivity index (χ1v) is 9.22. The predicted octanol–water partition coefficient (Wildman–Crippen LogP) is 1.63. The van der Waals surface area contributed by atoms with Crippen LogP contribution < -0.4 is 14.2 Å². The van der Waals surface area contributed by atoms with Gasteiger partial charge in [-0.3, -0.25) is 19.3 Å². The number of carbonyl (C=O) groups is 3. The van der Waals surface area contributed by atoms with Crippen LogP contribution in [0.5, 0.6) is 17.2 Å². The first-order valence-electron chi connectivity index (χ1n) is 8.24. The SMILES string of the molecule is COc1cc(/C=C/C(=O)N2CC(N3C(=O)CSC3=O)C2)cc(OC)c1OC. The van der Waals surface area contributed by atoms with E-state index in [4.69, 9.17) is 14.2 Å². The highest BCUT2D eigenvalue weighted by Crippen LogP contribution is 2.38. The minimum Gasteiger partial charge on any atom is -0.493 e. The zero-order valence-electron chi connectivity index (χ0n) is 15.3. The molecule has 0 atom stereocenters. The Morgan fingerprint density at radius 1 is 1.11 bits per heavy atom. The molecule has 2 heterocycles. The molecule has 0 radical (unpaired) electrons. The van der Waals surface area contributed by atoms with Crippen molar-refractivity contribution in [1.29, 1.82) is 0 Å². The highest BCUT2D eigenvalue weighted by Gasteiger charge is 2.42. The second kappa shape index (κ2) is 7.91. The van der Waals surface area contributed by atoms with Crippen molar-refractivity contribution in [1.82, 2.24) is 9.80 Å². The van der Waals surface area contributed by atoms with Gasteiger partial charge in [0.1, 0.15) is 0 Å². The normalized spacial score (nSPS) is 17.4. The third-order valence-corrected chi connectivity index (χ3v) is 5.26. The molecule has 27 heavy (non-hydrogen) atoms. The zero-order chi connectivity index (χ0) is 19.6. The summed E-state index contributed by atoms with van der Waals surface area (Å²) in [5.41, 5.74) is 0.719. The van der Waals surface area contributed by atoms with E-state index in [9.17, 15) is 14.4 Å². The van der Waals surface area contributed by atoms with Gasteiger partial charge < -0.3 is 19.1 Å². The Bertz CT molecular complexity index is 762. The summed E-state index contributed by atoms with van der Waals surface area (Å²) < 4.78 is 15.9. The van der Waals surface area contributed by atoms with E-state index >= 15 is 0 Å². The number of imide groups is 1. The number of thioether (sulfide) groups is 1. The van der Waals surface area contributed by atoms with Gasteiger partial charge in [0.15, 0.2) is 11.5 Å². The Balaban J connectivity index is 1.64. The lowest BCUT2D eigenvalue weighted by Crippen LogP contribution is -2.61. The summed E-state index contributed by atoms with van der Waals surface area (Å²) in [6.45, 7) is 0.715. The second-order valence-corrected chi connectivity index (χ2v) is 6.93. The Hall–Kier alpha value is -2.68. The molecule has 2 saturated heterocycles. The zero-order valence-corrected chi connectivity index (χ0v) is 16.1. The molecular formula is C18H20N2O6S. The number of methoxy groups -OCH3 is 3. The fraction of sp³-hybridized carbons (Fsp3) is 0.389. The maximum Gasteiger partial charge on any atom is 0.289 e. The third-order valence-electron chi connectivity index (χ3n) is 4.43. The molecule has 2 fully saturated rings. The lowest BCUT2D eigenvalue weighted by atomic mass is 10.1. The Morgan fingerprint density at radius 3 is 2.22 bits per heavy atom. The van der Waals surface area contributed by atoms with Gasteiger partial charge in [0.05, 0.1) is 33.1 Å². The molecule has 1 aromatic rings. The van der Waals surface area contributed by atoms with Gasteiger partial charge in [-0.1, -0.05) is 11.8 Å². The topological polar surface area (TPSA) is 85.4 Å². The molecule has 3 amide bonds. The van der Waals surface area contributed by atoms with Gasteiger partial charge in [-0.05, 0) is 23.8 Å². The van der Waals surface area contributed by atoms with Crippen molar-refractivity contribution in [3.8, 4) is 17.2 Å². The lowest BCUT2D eigenvalue weighted by Gasteiger charge is -2.42. The fourth-order valence-electron chi connectivity index (χ4n) is 2.99. The van der Waals surface area contributed by atoms with Gasteiger partial charge >= 0.3 is 0 Å². The predicted molar refractivity (Wildman–Crippen MR) is 100 cm³/mol. The molecule has 8 nitrogen and oxygen atoms in total. The van der Waals surface area contributed by atoms with Crippen LogP contribution in [-0.2, 0) is 9.59 Å². The Morgan fingerprint density at radius 2 is 1.74 bits per heavy atom. The van der Waals surface area contributed by atoms with Crippen LogP contribution in [0.3, 0.4) is 0 Å². The van der Waals surface area contributed by atoms with Crippen LogP contribution in [0, 0.1) is 0 Å². The molecule has 0 bridgehead atoms. The van der Waals surface area contributed by atoms with Gasteiger partial charge in [0, 0.05) is 19.2 Å². The van der Waals surface area contributed by atoms with Crippen molar-refractivity contribution in [3.63, 3.8) is 0 Å².